The van der Waals surface area contributed by atoms with Gasteiger partial charge in [-0.2, -0.15) is 5.26 Å². The van der Waals surface area contributed by atoms with Crippen molar-refractivity contribution in [3.8, 4) is 45.8 Å². The van der Waals surface area contributed by atoms with Gasteiger partial charge in [-0.15, -0.1) is 0 Å². The SMILES string of the molecule is CNC(=O)c1c(-c2ccc(C)cc2)oc2cc(N(C)S(C)(=O)=O)c(-c3ccc(O)c(-c4cc5c(C#N)nccc5[nH]4)n3)cc12. The number of carbonyl (C=O) groups excluding carboxylic acids is 1. The number of H-pyrrole nitrogens is 1. The quantitative estimate of drug-likeness (QED) is 0.228. The highest BCUT2D eigenvalue weighted by atomic mass is 32.2. The van der Waals surface area contributed by atoms with E-state index in [1.807, 2.05) is 31.2 Å². The summed E-state index contributed by atoms with van der Waals surface area (Å²) in [5, 5.41) is 24.0. The van der Waals surface area contributed by atoms with Crippen LogP contribution < -0.4 is 9.62 Å². The van der Waals surface area contributed by atoms with Crippen LogP contribution in [0.1, 0.15) is 21.6 Å². The van der Waals surface area contributed by atoms with Crippen molar-refractivity contribution in [3.63, 3.8) is 0 Å². The van der Waals surface area contributed by atoms with Crippen molar-refractivity contribution >= 4 is 43.5 Å². The van der Waals surface area contributed by atoms with Gasteiger partial charge in [-0.1, -0.05) is 29.8 Å². The van der Waals surface area contributed by atoms with Crippen LogP contribution in [-0.4, -0.2) is 54.7 Å². The number of rotatable bonds is 6. The van der Waals surface area contributed by atoms with E-state index in [2.05, 4.69) is 21.4 Å². The first-order valence-electron chi connectivity index (χ1n) is 13.4. The maximum atomic E-state index is 13.2. The fourth-order valence-corrected chi connectivity index (χ4v) is 5.61. The fraction of sp³-hybridized carbons (Fsp3) is 0.125. The average Bonchev–Trinajstić information content (AvgIpc) is 3.61. The zero-order valence-corrected chi connectivity index (χ0v) is 24.9. The average molecular weight is 607 g/mol. The van der Waals surface area contributed by atoms with Gasteiger partial charge in [0, 0.05) is 48.3 Å². The Hall–Kier alpha value is -5.67. The lowest BCUT2D eigenvalue weighted by Crippen LogP contribution is -2.25. The summed E-state index contributed by atoms with van der Waals surface area (Å²) in [6, 6.07) is 19.2. The molecule has 0 atom stereocenters. The number of hydrogen-bond acceptors (Lipinski definition) is 8. The van der Waals surface area contributed by atoms with Gasteiger partial charge in [0.15, 0.2) is 0 Å². The predicted molar refractivity (Wildman–Crippen MR) is 168 cm³/mol. The summed E-state index contributed by atoms with van der Waals surface area (Å²) in [5.74, 6) is -0.181. The van der Waals surface area contributed by atoms with Crippen LogP contribution in [0.3, 0.4) is 0 Å². The highest BCUT2D eigenvalue weighted by Gasteiger charge is 2.27. The van der Waals surface area contributed by atoms with Crippen LogP contribution in [0, 0.1) is 18.3 Å². The van der Waals surface area contributed by atoms with Crippen molar-refractivity contribution < 1.29 is 22.7 Å². The van der Waals surface area contributed by atoms with E-state index in [4.69, 9.17) is 9.40 Å². The zero-order valence-electron chi connectivity index (χ0n) is 24.1. The Labute approximate surface area is 252 Å². The monoisotopic (exact) mass is 606 g/mol. The van der Waals surface area contributed by atoms with Crippen LogP contribution in [-0.2, 0) is 10.0 Å². The van der Waals surface area contributed by atoms with Gasteiger partial charge in [-0.3, -0.25) is 9.10 Å². The third kappa shape index (κ3) is 4.79. The summed E-state index contributed by atoms with van der Waals surface area (Å²) in [5.41, 5.74) is 4.72. The molecule has 0 unspecified atom stereocenters. The zero-order chi connectivity index (χ0) is 31.3. The van der Waals surface area contributed by atoms with E-state index in [-0.39, 0.29) is 34.3 Å². The number of aryl methyl sites for hydroxylation is 1. The van der Waals surface area contributed by atoms with Gasteiger partial charge >= 0.3 is 0 Å². The van der Waals surface area contributed by atoms with E-state index in [1.54, 1.807) is 30.3 Å². The number of pyridine rings is 2. The van der Waals surface area contributed by atoms with E-state index < -0.39 is 10.0 Å². The summed E-state index contributed by atoms with van der Waals surface area (Å²) in [6.07, 6.45) is 2.59. The molecule has 6 aromatic rings. The van der Waals surface area contributed by atoms with Crippen molar-refractivity contribution in [1.29, 1.82) is 5.26 Å². The van der Waals surface area contributed by atoms with Gasteiger partial charge in [0.05, 0.1) is 34.4 Å². The molecule has 1 amide bonds. The molecule has 0 spiro atoms. The van der Waals surface area contributed by atoms with Crippen LogP contribution in [0.5, 0.6) is 5.75 Å². The molecule has 12 heteroatoms. The maximum Gasteiger partial charge on any atom is 0.255 e. The van der Waals surface area contributed by atoms with Crippen molar-refractivity contribution in [2.45, 2.75) is 6.92 Å². The summed E-state index contributed by atoms with van der Waals surface area (Å²) < 4.78 is 32.9. The summed E-state index contributed by atoms with van der Waals surface area (Å²) in [6.45, 7) is 1.95. The number of carbonyl (C=O) groups is 1. The molecule has 0 aliphatic carbocycles. The first-order chi connectivity index (χ1) is 21.0. The predicted octanol–water partition coefficient (Wildman–Crippen LogP) is 5.35. The first kappa shape index (κ1) is 28.4. The van der Waals surface area contributed by atoms with E-state index in [1.165, 1.54) is 26.4 Å². The van der Waals surface area contributed by atoms with Crippen molar-refractivity contribution in [3.05, 3.63) is 83.7 Å². The Morgan fingerprint density at radius 2 is 1.84 bits per heavy atom. The molecule has 11 nitrogen and oxygen atoms in total. The lowest BCUT2D eigenvalue weighted by molar-refractivity contribution is 0.0964. The molecule has 4 heterocycles. The molecule has 6 rings (SSSR count). The van der Waals surface area contributed by atoms with Crippen LogP contribution in [0.2, 0.25) is 0 Å². The van der Waals surface area contributed by atoms with Crippen molar-refractivity contribution in [2.24, 2.45) is 0 Å². The number of nitriles is 1. The normalized spacial score (nSPS) is 11.5. The number of aromatic nitrogens is 3. The number of anilines is 1. The highest BCUT2D eigenvalue weighted by molar-refractivity contribution is 7.92. The molecule has 0 fully saturated rings. The molecule has 220 valence electrons. The summed E-state index contributed by atoms with van der Waals surface area (Å²) in [4.78, 5) is 25.2. The maximum absolute atomic E-state index is 13.2. The second-order valence-corrected chi connectivity index (χ2v) is 12.3. The molecule has 2 aromatic carbocycles. The van der Waals surface area contributed by atoms with Crippen LogP contribution in [0.4, 0.5) is 5.69 Å². The topological polar surface area (TPSA) is 165 Å². The number of aromatic hydroxyl groups is 1. The number of nitrogens with one attached hydrogen (secondary N) is 2. The smallest absolute Gasteiger partial charge is 0.255 e. The lowest BCUT2D eigenvalue weighted by Gasteiger charge is -2.20. The Kier molecular flexibility index (Phi) is 6.82. The van der Waals surface area contributed by atoms with Crippen molar-refractivity contribution in [2.75, 3.05) is 24.7 Å². The number of nitrogens with zero attached hydrogens (tertiary/aromatic N) is 4. The minimum absolute atomic E-state index is 0.137. The Morgan fingerprint density at radius 3 is 2.52 bits per heavy atom. The fourth-order valence-electron chi connectivity index (χ4n) is 5.11. The molecule has 0 bridgehead atoms. The largest absolute Gasteiger partial charge is 0.506 e. The second kappa shape index (κ2) is 10.6. The Bertz CT molecular complexity index is 2260. The van der Waals surface area contributed by atoms with E-state index in [9.17, 15) is 23.6 Å². The standard InChI is InChI=1S/C32H26N6O5S/c1-17-5-7-18(8-6-17)31-29(32(40)34-2)21-13-20(26(15-28(21)43-31)38(3)44(4,41)42)22-9-10-27(39)30(37-22)24-14-19-23(36-24)11-12-35-25(19)16-33/h5-15,36,39H,1-4H3,(H,34,40). The number of benzene rings is 2. The molecule has 0 aliphatic rings. The van der Waals surface area contributed by atoms with E-state index in [0.29, 0.717) is 50.1 Å². The molecular formula is C32H26N6O5S. The van der Waals surface area contributed by atoms with Gasteiger partial charge in [-0.05, 0) is 37.3 Å². The van der Waals surface area contributed by atoms with E-state index >= 15 is 0 Å². The molecule has 44 heavy (non-hydrogen) atoms. The number of sulfonamides is 1. The lowest BCUT2D eigenvalue weighted by atomic mass is 10.00. The van der Waals surface area contributed by atoms with Gasteiger partial charge < -0.3 is 19.8 Å². The summed E-state index contributed by atoms with van der Waals surface area (Å²) in [7, 11) is -0.803. The Balaban J connectivity index is 1.62. The third-order valence-corrected chi connectivity index (χ3v) is 8.66. The molecule has 0 radical (unpaired) electrons. The molecule has 0 saturated carbocycles. The van der Waals surface area contributed by atoms with Gasteiger partial charge in [0.1, 0.15) is 34.5 Å². The number of hydrogen-bond donors (Lipinski definition) is 3. The number of amides is 1. The first-order valence-corrected chi connectivity index (χ1v) is 15.3. The van der Waals surface area contributed by atoms with Crippen LogP contribution >= 0.6 is 0 Å². The molecule has 3 N–H and O–H groups in total. The van der Waals surface area contributed by atoms with Crippen LogP contribution in [0.25, 0.3) is 55.8 Å². The molecule has 0 aliphatic heterocycles. The second-order valence-electron chi connectivity index (χ2n) is 10.3. The van der Waals surface area contributed by atoms with Gasteiger partial charge in [-0.25, -0.2) is 18.4 Å². The summed E-state index contributed by atoms with van der Waals surface area (Å²) >= 11 is 0. The number of fused-ring (bicyclic) bond motifs is 2. The van der Waals surface area contributed by atoms with E-state index in [0.717, 1.165) is 16.1 Å². The molecule has 0 saturated heterocycles. The number of aromatic amines is 1. The minimum Gasteiger partial charge on any atom is -0.506 e. The molecule has 4 aromatic heterocycles. The van der Waals surface area contributed by atoms with Crippen molar-refractivity contribution in [1.82, 2.24) is 20.3 Å². The molecular weight excluding hydrogens is 580 g/mol. The minimum atomic E-state index is -3.74. The highest BCUT2D eigenvalue weighted by Crippen LogP contribution is 2.42. The third-order valence-electron chi connectivity index (χ3n) is 7.47. The van der Waals surface area contributed by atoms with Gasteiger partial charge in [0.2, 0.25) is 10.0 Å². The van der Waals surface area contributed by atoms with Crippen LogP contribution in [0.15, 0.2) is 71.3 Å². The van der Waals surface area contributed by atoms with Gasteiger partial charge in [0.25, 0.3) is 5.91 Å². The Morgan fingerprint density at radius 1 is 1.09 bits per heavy atom. The number of furan rings is 1.